The monoisotopic (exact) mass is 201 g/mol. The maximum Gasteiger partial charge on any atom is 0.234 e. The summed E-state index contributed by atoms with van der Waals surface area (Å²) >= 11 is 0. The highest BCUT2D eigenvalue weighted by Crippen LogP contribution is 1.96. The van der Waals surface area contributed by atoms with Gasteiger partial charge in [-0.3, -0.25) is 9.69 Å². The van der Waals surface area contributed by atoms with Crippen LogP contribution < -0.4 is 11.1 Å². The number of nitrogens with two attached hydrogens (primary N) is 1. The molecule has 0 bridgehead atoms. The van der Waals surface area contributed by atoms with Crippen LogP contribution in [0, 0.1) is 0 Å². The van der Waals surface area contributed by atoms with Crippen molar-refractivity contribution in [3.63, 3.8) is 0 Å². The molecule has 0 spiro atoms. The van der Waals surface area contributed by atoms with E-state index in [1.807, 2.05) is 13.8 Å². The van der Waals surface area contributed by atoms with Crippen molar-refractivity contribution >= 4 is 5.91 Å². The Labute approximate surface area is 86.8 Å². The van der Waals surface area contributed by atoms with Crippen molar-refractivity contribution in [3.05, 3.63) is 0 Å². The quantitative estimate of drug-likeness (QED) is 0.644. The summed E-state index contributed by atoms with van der Waals surface area (Å²) < 4.78 is 0. The minimum absolute atomic E-state index is 0.0714. The van der Waals surface area contributed by atoms with Gasteiger partial charge in [-0.25, -0.2) is 0 Å². The van der Waals surface area contributed by atoms with Crippen molar-refractivity contribution in [2.24, 2.45) is 5.73 Å². The van der Waals surface area contributed by atoms with Crippen molar-refractivity contribution in [3.8, 4) is 0 Å². The molecule has 0 aliphatic carbocycles. The third-order valence-electron chi connectivity index (χ3n) is 1.94. The van der Waals surface area contributed by atoms with Crippen LogP contribution >= 0.6 is 0 Å². The standard InChI is InChI=1S/C10H23N3O/c1-8(2)12-10(14)7-13(6-5-11)9(3)4/h8-9H,5-7,11H2,1-4H3,(H,12,14). The topological polar surface area (TPSA) is 58.4 Å². The molecule has 0 heterocycles. The third-order valence-corrected chi connectivity index (χ3v) is 1.94. The molecule has 14 heavy (non-hydrogen) atoms. The fraction of sp³-hybridized carbons (Fsp3) is 0.900. The Bertz CT molecular complexity index is 169. The number of amides is 1. The van der Waals surface area contributed by atoms with Crippen molar-refractivity contribution in [1.82, 2.24) is 10.2 Å². The zero-order valence-corrected chi connectivity index (χ0v) is 9.71. The number of carbonyl (C=O) groups excluding carboxylic acids is 1. The first-order valence-corrected chi connectivity index (χ1v) is 5.20. The summed E-state index contributed by atoms with van der Waals surface area (Å²) in [4.78, 5) is 13.5. The Morgan fingerprint density at radius 2 is 1.93 bits per heavy atom. The number of carbonyl (C=O) groups is 1. The molecule has 0 aromatic carbocycles. The lowest BCUT2D eigenvalue weighted by molar-refractivity contribution is -0.123. The Hall–Kier alpha value is -0.610. The van der Waals surface area contributed by atoms with Gasteiger partial charge in [-0.2, -0.15) is 0 Å². The molecule has 0 aromatic rings. The zero-order valence-electron chi connectivity index (χ0n) is 9.71. The van der Waals surface area contributed by atoms with E-state index in [1.165, 1.54) is 0 Å². The molecule has 0 saturated heterocycles. The molecular weight excluding hydrogens is 178 g/mol. The predicted octanol–water partition coefficient (Wildman–Crippen LogP) is 0.180. The average Bonchev–Trinajstić information content (AvgIpc) is 2.01. The van der Waals surface area contributed by atoms with Crippen molar-refractivity contribution in [2.45, 2.75) is 39.8 Å². The second-order valence-corrected chi connectivity index (χ2v) is 4.08. The second kappa shape index (κ2) is 6.79. The number of hydrogen-bond donors (Lipinski definition) is 2. The lowest BCUT2D eigenvalue weighted by atomic mass is 10.3. The van der Waals surface area contributed by atoms with Gasteiger partial charge in [0.05, 0.1) is 6.54 Å². The van der Waals surface area contributed by atoms with Gasteiger partial charge in [0, 0.05) is 25.2 Å². The van der Waals surface area contributed by atoms with Crippen LogP contribution in [0.2, 0.25) is 0 Å². The van der Waals surface area contributed by atoms with Crippen LogP contribution in [-0.2, 0) is 4.79 Å². The molecule has 0 fully saturated rings. The first-order chi connectivity index (χ1) is 6.47. The van der Waals surface area contributed by atoms with E-state index >= 15 is 0 Å². The Morgan fingerprint density at radius 1 is 1.36 bits per heavy atom. The zero-order chi connectivity index (χ0) is 11.1. The number of nitrogens with zero attached hydrogens (tertiary/aromatic N) is 1. The van der Waals surface area contributed by atoms with E-state index in [-0.39, 0.29) is 11.9 Å². The van der Waals surface area contributed by atoms with Crippen LogP contribution in [-0.4, -0.2) is 42.5 Å². The fourth-order valence-electron chi connectivity index (χ4n) is 1.24. The molecular formula is C10H23N3O. The summed E-state index contributed by atoms with van der Waals surface area (Å²) in [7, 11) is 0. The van der Waals surface area contributed by atoms with Crippen LogP contribution in [0.4, 0.5) is 0 Å². The second-order valence-electron chi connectivity index (χ2n) is 4.08. The summed E-state index contributed by atoms with van der Waals surface area (Å²) in [6.45, 7) is 9.85. The molecule has 3 N–H and O–H groups in total. The van der Waals surface area contributed by atoms with Crippen LogP contribution in [0.3, 0.4) is 0 Å². The van der Waals surface area contributed by atoms with Gasteiger partial charge < -0.3 is 11.1 Å². The molecule has 0 radical (unpaired) electrons. The van der Waals surface area contributed by atoms with Crippen LogP contribution in [0.5, 0.6) is 0 Å². The van der Waals surface area contributed by atoms with Crippen LogP contribution in [0.15, 0.2) is 0 Å². The van der Waals surface area contributed by atoms with Gasteiger partial charge in [0.1, 0.15) is 0 Å². The van der Waals surface area contributed by atoms with E-state index < -0.39 is 0 Å². The Balaban J connectivity index is 3.96. The normalized spacial score (nSPS) is 11.4. The summed E-state index contributed by atoms with van der Waals surface area (Å²) in [5.74, 6) is 0.0714. The largest absolute Gasteiger partial charge is 0.353 e. The molecule has 0 aromatic heterocycles. The van der Waals surface area contributed by atoms with Gasteiger partial charge >= 0.3 is 0 Å². The van der Waals surface area contributed by atoms with E-state index in [2.05, 4.69) is 24.1 Å². The first-order valence-electron chi connectivity index (χ1n) is 5.20. The number of rotatable bonds is 6. The van der Waals surface area contributed by atoms with Crippen molar-refractivity contribution < 1.29 is 4.79 Å². The highest BCUT2D eigenvalue weighted by atomic mass is 16.2. The van der Waals surface area contributed by atoms with E-state index in [9.17, 15) is 4.79 Å². The summed E-state index contributed by atoms with van der Waals surface area (Å²) in [5.41, 5.74) is 5.47. The van der Waals surface area contributed by atoms with Gasteiger partial charge in [-0.05, 0) is 27.7 Å². The van der Waals surface area contributed by atoms with E-state index in [0.29, 0.717) is 19.1 Å². The van der Waals surface area contributed by atoms with E-state index in [1.54, 1.807) is 0 Å². The fourth-order valence-corrected chi connectivity index (χ4v) is 1.24. The SMILES string of the molecule is CC(C)NC(=O)CN(CCN)C(C)C. The first kappa shape index (κ1) is 13.4. The maximum atomic E-state index is 11.4. The molecule has 0 atom stereocenters. The highest BCUT2D eigenvalue weighted by Gasteiger charge is 2.13. The number of nitrogens with one attached hydrogen (secondary N) is 1. The van der Waals surface area contributed by atoms with Gasteiger partial charge in [-0.15, -0.1) is 0 Å². The van der Waals surface area contributed by atoms with Crippen LogP contribution in [0.1, 0.15) is 27.7 Å². The smallest absolute Gasteiger partial charge is 0.234 e. The summed E-state index contributed by atoms with van der Waals surface area (Å²) in [6, 6.07) is 0.561. The molecule has 0 unspecified atom stereocenters. The van der Waals surface area contributed by atoms with E-state index in [4.69, 9.17) is 5.73 Å². The minimum Gasteiger partial charge on any atom is -0.353 e. The third kappa shape index (κ3) is 5.94. The maximum absolute atomic E-state index is 11.4. The minimum atomic E-state index is 0.0714. The van der Waals surface area contributed by atoms with Gasteiger partial charge in [-0.1, -0.05) is 0 Å². The molecule has 0 rings (SSSR count). The highest BCUT2D eigenvalue weighted by molar-refractivity contribution is 5.78. The van der Waals surface area contributed by atoms with Gasteiger partial charge in [0.2, 0.25) is 5.91 Å². The van der Waals surface area contributed by atoms with Crippen molar-refractivity contribution in [1.29, 1.82) is 0 Å². The molecule has 84 valence electrons. The summed E-state index contributed by atoms with van der Waals surface area (Å²) in [6.07, 6.45) is 0. The lowest BCUT2D eigenvalue weighted by Gasteiger charge is -2.25. The molecule has 0 aliphatic heterocycles. The van der Waals surface area contributed by atoms with Crippen molar-refractivity contribution in [2.75, 3.05) is 19.6 Å². The predicted molar refractivity (Wildman–Crippen MR) is 59.0 cm³/mol. The Morgan fingerprint density at radius 3 is 2.29 bits per heavy atom. The average molecular weight is 201 g/mol. The van der Waals surface area contributed by atoms with Gasteiger partial charge in [0.25, 0.3) is 0 Å². The molecule has 0 aliphatic rings. The molecule has 4 heteroatoms. The lowest BCUT2D eigenvalue weighted by Crippen LogP contribution is -2.44. The molecule has 0 saturated carbocycles. The Kier molecular flexibility index (Phi) is 6.49. The molecule has 1 amide bonds. The van der Waals surface area contributed by atoms with Gasteiger partial charge in [0.15, 0.2) is 0 Å². The molecule has 4 nitrogen and oxygen atoms in total. The number of hydrogen-bond acceptors (Lipinski definition) is 3. The summed E-state index contributed by atoms with van der Waals surface area (Å²) in [5, 5.41) is 2.87. The van der Waals surface area contributed by atoms with Crippen LogP contribution in [0.25, 0.3) is 0 Å². The van der Waals surface area contributed by atoms with E-state index in [0.717, 1.165) is 6.54 Å².